The molecule has 0 aromatic rings. The minimum atomic E-state index is -0.742. The van der Waals surface area contributed by atoms with Crippen molar-refractivity contribution in [2.45, 2.75) is 76.6 Å². The van der Waals surface area contributed by atoms with Gasteiger partial charge in [-0.2, -0.15) is 0 Å². The van der Waals surface area contributed by atoms with Crippen LogP contribution in [-0.2, 0) is 19.0 Å². The van der Waals surface area contributed by atoms with E-state index in [0.717, 1.165) is 18.3 Å². The molecule has 5 aliphatic rings. The van der Waals surface area contributed by atoms with E-state index in [9.17, 15) is 9.90 Å². The summed E-state index contributed by atoms with van der Waals surface area (Å²) in [6, 6.07) is 0. The van der Waals surface area contributed by atoms with Crippen molar-refractivity contribution in [1.82, 2.24) is 0 Å². The third kappa shape index (κ3) is 3.44. The fourth-order valence-corrected chi connectivity index (χ4v) is 6.62. The Bertz CT molecular complexity index is 628. The van der Waals surface area contributed by atoms with Gasteiger partial charge in [0.1, 0.15) is 12.7 Å². The molecular weight excluding hydrogens is 356 g/mol. The van der Waals surface area contributed by atoms with E-state index < -0.39 is 6.29 Å². The maximum Gasteiger partial charge on any atom is 0.312 e. The first-order valence-electron chi connectivity index (χ1n) is 11.5. The first-order chi connectivity index (χ1) is 13.7. The number of hydrogen-bond acceptors (Lipinski definition) is 5. The molecule has 2 heterocycles. The van der Waals surface area contributed by atoms with E-state index in [1.807, 2.05) is 0 Å². The summed E-state index contributed by atoms with van der Waals surface area (Å²) in [5, 5.41) is 9.72. The first-order valence-corrected chi connectivity index (χ1v) is 11.5. The van der Waals surface area contributed by atoms with Crippen LogP contribution in [0.25, 0.3) is 0 Å². The molecule has 156 valence electrons. The van der Waals surface area contributed by atoms with Crippen molar-refractivity contribution in [3.63, 3.8) is 0 Å². The normalized spacial score (nSPS) is 42.8. The van der Waals surface area contributed by atoms with Crippen LogP contribution in [0.4, 0.5) is 0 Å². The Morgan fingerprint density at radius 3 is 2.54 bits per heavy atom. The highest BCUT2D eigenvalue weighted by molar-refractivity contribution is 5.77. The lowest BCUT2D eigenvalue weighted by Gasteiger charge is -2.50. The van der Waals surface area contributed by atoms with Crippen LogP contribution in [0.3, 0.4) is 0 Å². The molecule has 0 spiro atoms. The van der Waals surface area contributed by atoms with Crippen LogP contribution >= 0.6 is 0 Å². The van der Waals surface area contributed by atoms with Gasteiger partial charge in [-0.25, -0.2) is 0 Å². The monoisotopic (exact) mass is 390 g/mol. The van der Waals surface area contributed by atoms with Gasteiger partial charge in [0.15, 0.2) is 6.29 Å². The fourth-order valence-electron chi connectivity index (χ4n) is 6.62. The van der Waals surface area contributed by atoms with Crippen molar-refractivity contribution in [2.75, 3.05) is 19.8 Å². The van der Waals surface area contributed by atoms with E-state index >= 15 is 0 Å². The summed E-state index contributed by atoms with van der Waals surface area (Å²) in [6.07, 6.45) is 11.7. The van der Waals surface area contributed by atoms with Gasteiger partial charge in [0, 0.05) is 0 Å². The minimum absolute atomic E-state index is 0.0192. The fraction of sp³-hybridized carbons (Fsp3) is 0.870. The van der Waals surface area contributed by atoms with E-state index in [2.05, 4.69) is 0 Å². The highest BCUT2D eigenvalue weighted by Crippen LogP contribution is 2.54. The van der Waals surface area contributed by atoms with Crippen LogP contribution in [0.15, 0.2) is 11.1 Å². The van der Waals surface area contributed by atoms with Crippen molar-refractivity contribution < 1.29 is 24.1 Å². The number of esters is 1. The standard InChI is InChI=1S/C23H34O5/c24-22-14(11-27-22)9-10-19-15-5-1-3-7-17(15)20(12-26-21-13-28-23(21)25)18-8-4-2-6-16(18)19/h14-17,19,21,23,25H,1-13H2. The van der Waals surface area contributed by atoms with Gasteiger partial charge >= 0.3 is 5.97 Å². The second-order valence-electron chi connectivity index (χ2n) is 9.60. The van der Waals surface area contributed by atoms with Gasteiger partial charge in [0.25, 0.3) is 0 Å². The van der Waals surface area contributed by atoms with Crippen LogP contribution < -0.4 is 0 Å². The van der Waals surface area contributed by atoms with Gasteiger partial charge < -0.3 is 19.3 Å². The molecule has 0 aromatic heterocycles. The summed E-state index contributed by atoms with van der Waals surface area (Å²) in [5.74, 6) is 2.99. The number of hydrogen-bond donors (Lipinski definition) is 1. The summed E-state index contributed by atoms with van der Waals surface area (Å²) < 4.78 is 16.2. The average molecular weight is 391 g/mol. The summed E-state index contributed by atoms with van der Waals surface area (Å²) >= 11 is 0. The van der Waals surface area contributed by atoms with E-state index in [1.165, 1.54) is 57.8 Å². The molecule has 3 aliphatic carbocycles. The largest absolute Gasteiger partial charge is 0.464 e. The lowest BCUT2D eigenvalue weighted by atomic mass is 9.55. The second-order valence-corrected chi connectivity index (χ2v) is 9.60. The molecule has 0 radical (unpaired) electrons. The Hall–Kier alpha value is -0.910. The Morgan fingerprint density at radius 2 is 1.82 bits per heavy atom. The van der Waals surface area contributed by atoms with E-state index in [4.69, 9.17) is 14.2 Å². The zero-order chi connectivity index (χ0) is 19.1. The molecule has 0 aromatic carbocycles. The van der Waals surface area contributed by atoms with Crippen molar-refractivity contribution in [3.8, 4) is 0 Å². The molecule has 7 atom stereocenters. The summed E-state index contributed by atoms with van der Waals surface area (Å²) in [5.41, 5.74) is 3.26. The smallest absolute Gasteiger partial charge is 0.312 e. The molecule has 2 saturated carbocycles. The van der Waals surface area contributed by atoms with Crippen LogP contribution in [0.5, 0.6) is 0 Å². The predicted octanol–water partition coefficient (Wildman–Crippen LogP) is 3.60. The predicted molar refractivity (Wildman–Crippen MR) is 103 cm³/mol. The summed E-state index contributed by atoms with van der Waals surface area (Å²) in [4.78, 5) is 11.7. The molecule has 7 unspecified atom stereocenters. The number of allylic oxidation sites excluding steroid dienone is 1. The van der Waals surface area contributed by atoms with Crippen molar-refractivity contribution in [1.29, 1.82) is 0 Å². The number of aliphatic hydroxyl groups is 1. The Balaban J connectivity index is 1.36. The highest BCUT2D eigenvalue weighted by atomic mass is 16.7. The molecule has 4 fully saturated rings. The third-order valence-electron chi connectivity index (χ3n) is 8.22. The number of ether oxygens (including phenoxy) is 3. The Kier molecular flexibility index (Phi) is 5.50. The van der Waals surface area contributed by atoms with Gasteiger partial charge in [0.2, 0.25) is 0 Å². The summed E-state index contributed by atoms with van der Waals surface area (Å²) in [7, 11) is 0. The number of fused-ring (bicyclic) bond motifs is 2. The van der Waals surface area contributed by atoms with Crippen LogP contribution in [0.1, 0.15) is 64.2 Å². The van der Waals surface area contributed by atoms with Crippen LogP contribution in [0.2, 0.25) is 0 Å². The molecule has 5 nitrogen and oxygen atoms in total. The zero-order valence-corrected chi connectivity index (χ0v) is 16.8. The van der Waals surface area contributed by atoms with E-state index in [1.54, 1.807) is 11.1 Å². The third-order valence-corrected chi connectivity index (χ3v) is 8.22. The Labute approximate surface area is 167 Å². The number of aliphatic hydroxyl groups excluding tert-OH is 1. The highest BCUT2D eigenvalue weighted by Gasteiger charge is 2.46. The zero-order valence-electron chi connectivity index (χ0n) is 16.8. The molecule has 5 heteroatoms. The van der Waals surface area contributed by atoms with Gasteiger partial charge in [-0.1, -0.05) is 24.8 Å². The van der Waals surface area contributed by atoms with Crippen LogP contribution in [0, 0.1) is 29.6 Å². The first kappa shape index (κ1) is 19.1. The van der Waals surface area contributed by atoms with Crippen molar-refractivity contribution in [2.24, 2.45) is 29.6 Å². The Morgan fingerprint density at radius 1 is 1.00 bits per heavy atom. The molecule has 5 rings (SSSR count). The lowest BCUT2D eigenvalue weighted by Crippen LogP contribution is -2.48. The van der Waals surface area contributed by atoms with Gasteiger partial charge in [-0.05, 0) is 74.2 Å². The van der Waals surface area contributed by atoms with Gasteiger partial charge in [0.05, 0.1) is 19.1 Å². The number of carbonyl (C=O) groups is 1. The second kappa shape index (κ2) is 8.08. The molecular formula is C23H34O5. The van der Waals surface area contributed by atoms with Gasteiger partial charge in [-0.3, -0.25) is 4.79 Å². The number of carbonyl (C=O) groups excluding carboxylic acids is 1. The number of cyclic esters (lactones) is 1. The molecule has 2 saturated heterocycles. The molecule has 1 N–H and O–H groups in total. The van der Waals surface area contributed by atoms with Crippen molar-refractivity contribution >= 4 is 5.97 Å². The van der Waals surface area contributed by atoms with Crippen molar-refractivity contribution in [3.05, 3.63) is 11.1 Å². The van der Waals surface area contributed by atoms with Crippen LogP contribution in [-0.4, -0.2) is 43.3 Å². The minimum Gasteiger partial charge on any atom is -0.464 e. The SMILES string of the molecule is O=C1OCC1CCC1C2CCCCC2=C(COC2COC2O)C2CCCCC21. The maximum atomic E-state index is 11.7. The van der Waals surface area contributed by atoms with E-state index in [0.29, 0.717) is 31.7 Å². The van der Waals surface area contributed by atoms with Gasteiger partial charge in [-0.15, -0.1) is 0 Å². The molecule has 28 heavy (non-hydrogen) atoms. The molecule has 0 amide bonds. The quantitative estimate of drug-likeness (QED) is 0.555. The summed E-state index contributed by atoms with van der Waals surface area (Å²) in [6.45, 7) is 1.83. The topological polar surface area (TPSA) is 65.0 Å². The number of rotatable bonds is 6. The maximum absolute atomic E-state index is 11.7. The molecule has 0 bridgehead atoms. The van der Waals surface area contributed by atoms with E-state index in [-0.39, 0.29) is 18.0 Å². The molecule has 2 aliphatic heterocycles. The average Bonchev–Trinajstić information content (AvgIpc) is 2.72. The lowest BCUT2D eigenvalue weighted by molar-refractivity contribution is -0.273.